The molecule has 0 aromatic heterocycles. The van der Waals surface area contributed by atoms with Crippen molar-refractivity contribution >= 4 is 45.1 Å². The number of halogens is 2. The first kappa shape index (κ1) is 13.4. The van der Waals surface area contributed by atoms with E-state index in [4.69, 9.17) is 16.7 Å². The zero-order valence-corrected chi connectivity index (χ0v) is 11.7. The second-order valence-corrected chi connectivity index (χ2v) is 5.36. The average Bonchev–Trinajstić information content (AvgIpc) is 2.71. The number of carbonyl (C=O) groups excluding carboxylic acids is 1. The second-order valence-electron chi connectivity index (χ2n) is 4.20. The van der Waals surface area contributed by atoms with Crippen LogP contribution in [-0.4, -0.2) is 29.4 Å². The van der Waals surface area contributed by atoms with Crippen LogP contribution in [0.4, 0.5) is 5.69 Å². The minimum Gasteiger partial charge on any atom is -0.478 e. The molecule has 0 saturated carbocycles. The van der Waals surface area contributed by atoms with Crippen LogP contribution in [0.3, 0.4) is 0 Å². The number of nitrogens with zero attached hydrogens (tertiary/aromatic N) is 1. The summed E-state index contributed by atoms with van der Waals surface area (Å²) in [5, 5.41) is 8.97. The summed E-state index contributed by atoms with van der Waals surface area (Å²) in [6.07, 6.45) is 0.410. The van der Waals surface area contributed by atoms with Gasteiger partial charge >= 0.3 is 5.97 Å². The Labute approximate surface area is 118 Å². The van der Waals surface area contributed by atoms with Crippen LogP contribution in [-0.2, 0) is 4.79 Å². The van der Waals surface area contributed by atoms with E-state index in [0.717, 1.165) is 0 Å². The van der Waals surface area contributed by atoms with Crippen LogP contribution in [0, 0.1) is 5.92 Å². The van der Waals surface area contributed by atoms with Gasteiger partial charge in [-0.3, -0.25) is 4.79 Å². The Morgan fingerprint density at radius 3 is 2.83 bits per heavy atom. The zero-order valence-electron chi connectivity index (χ0n) is 9.40. The fourth-order valence-corrected chi connectivity index (χ4v) is 2.64. The predicted molar refractivity (Wildman–Crippen MR) is 72.3 cm³/mol. The van der Waals surface area contributed by atoms with Gasteiger partial charge in [0.25, 0.3) is 0 Å². The van der Waals surface area contributed by atoms with Crippen molar-refractivity contribution in [2.24, 2.45) is 5.92 Å². The molecule has 1 saturated heterocycles. The Kier molecular flexibility index (Phi) is 3.92. The fraction of sp³-hybridized carbons (Fsp3) is 0.333. The number of aromatic carboxylic acids is 1. The zero-order chi connectivity index (χ0) is 13.3. The molecule has 0 radical (unpaired) electrons. The number of carboxylic acids is 1. The Balaban J connectivity index is 2.35. The number of amides is 1. The van der Waals surface area contributed by atoms with E-state index < -0.39 is 5.97 Å². The van der Waals surface area contributed by atoms with E-state index in [1.54, 1.807) is 11.0 Å². The van der Waals surface area contributed by atoms with Gasteiger partial charge in [0.2, 0.25) is 5.91 Å². The topological polar surface area (TPSA) is 57.6 Å². The van der Waals surface area contributed by atoms with E-state index in [2.05, 4.69) is 15.9 Å². The van der Waals surface area contributed by atoms with Gasteiger partial charge in [0.05, 0.1) is 11.3 Å². The van der Waals surface area contributed by atoms with Crippen molar-refractivity contribution in [3.63, 3.8) is 0 Å². The minimum absolute atomic E-state index is 0.0242. The molecule has 1 fully saturated rings. The van der Waals surface area contributed by atoms with Crippen molar-refractivity contribution in [1.29, 1.82) is 0 Å². The highest BCUT2D eigenvalue weighted by Gasteiger charge is 2.31. The third-order valence-electron chi connectivity index (χ3n) is 2.91. The summed E-state index contributed by atoms with van der Waals surface area (Å²) in [6.45, 7) is 0.532. The summed E-state index contributed by atoms with van der Waals surface area (Å²) in [6, 6.07) is 4.64. The molecule has 18 heavy (non-hydrogen) atoms. The lowest BCUT2D eigenvalue weighted by Gasteiger charge is -2.18. The maximum atomic E-state index is 11.9. The van der Waals surface area contributed by atoms with E-state index in [1.165, 1.54) is 12.1 Å². The molecule has 1 aromatic carbocycles. The first-order chi connectivity index (χ1) is 8.52. The Bertz CT molecular complexity index is 506. The Morgan fingerprint density at radius 1 is 1.56 bits per heavy atom. The van der Waals surface area contributed by atoms with Crippen molar-refractivity contribution in [2.45, 2.75) is 6.42 Å². The average molecular weight is 333 g/mol. The number of hydrogen-bond donors (Lipinski definition) is 1. The van der Waals surface area contributed by atoms with E-state index in [1.807, 2.05) is 0 Å². The standard InChI is InChI=1S/C12H11BrClNO3/c13-9-2-1-8(12(17)18)4-10(9)15-6-7(5-14)3-11(15)16/h1-2,4,7H,3,5-6H2,(H,17,18). The van der Waals surface area contributed by atoms with Gasteiger partial charge in [0.1, 0.15) is 0 Å². The molecule has 2 rings (SSSR count). The predicted octanol–water partition coefficient (Wildman–Crippen LogP) is 2.74. The van der Waals surface area contributed by atoms with Crippen LogP contribution in [0.5, 0.6) is 0 Å². The van der Waals surface area contributed by atoms with Crippen molar-refractivity contribution in [1.82, 2.24) is 0 Å². The number of anilines is 1. The molecule has 4 nitrogen and oxygen atoms in total. The van der Waals surface area contributed by atoms with Crippen molar-refractivity contribution in [3.8, 4) is 0 Å². The van der Waals surface area contributed by atoms with Crippen LogP contribution < -0.4 is 4.90 Å². The molecule has 1 aliphatic rings. The summed E-state index contributed by atoms with van der Waals surface area (Å²) >= 11 is 9.10. The maximum Gasteiger partial charge on any atom is 0.335 e. The van der Waals surface area contributed by atoms with Gasteiger partial charge in [-0.15, -0.1) is 11.6 Å². The lowest BCUT2D eigenvalue weighted by Crippen LogP contribution is -2.25. The summed E-state index contributed by atoms with van der Waals surface area (Å²) in [5.41, 5.74) is 0.753. The van der Waals surface area contributed by atoms with Crippen LogP contribution in [0.15, 0.2) is 22.7 Å². The van der Waals surface area contributed by atoms with Gasteiger partial charge in [-0.05, 0) is 40.0 Å². The molecule has 1 amide bonds. The van der Waals surface area contributed by atoms with Gasteiger partial charge in [0, 0.05) is 23.3 Å². The van der Waals surface area contributed by atoms with Crippen molar-refractivity contribution in [2.75, 3.05) is 17.3 Å². The fourth-order valence-electron chi connectivity index (χ4n) is 1.97. The van der Waals surface area contributed by atoms with Gasteiger partial charge in [-0.2, -0.15) is 0 Å². The summed E-state index contributed by atoms with van der Waals surface area (Å²) in [4.78, 5) is 24.4. The van der Waals surface area contributed by atoms with Crippen LogP contribution in [0.2, 0.25) is 0 Å². The van der Waals surface area contributed by atoms with Crippen LogP contribution >= 0.6 is 27.5 Å². The maximum absolute atomic E-state index is 11.9. The molecule has 0 aliphatic carbocycles. The summed E-state index contributed by atoms with van der Waals surface area (Å²) < 4.78 is 0.705. The second kappa shape index (κ2) is 5.28. The molecule has 1 heterocycles. The van der Waals surface area contributed by atoms with Gasteiger partial charge in [0.15, 0.2) is 0 Å². The smallest absolute Gasteiger partial charge is 0.335 e. The highest BCUT2D eigenvalue weighted by atomic mass is 79.9. The van der Waals surface area contributed by atoms with Crippen molar-refractivity contribution in [3.05, 3.63) is 28.2 Å². The van der Waals surface area contributed by atoms with Gasteiger partial charge < -0.3 is 10.0 Å². The SMILES string of the molecule is O=C(O)c1ccc(Br)c(N2CC(CCl)CC2=O)c1. The first-order valence-electron chi connectivity index (χ1n) is 5.42. The molecule has 96 valence electrons. The monoisotopic (exact) mass is 331 g/mol. The summed E-state index contributed by atoms with van der Waals surface area (Å²) in [5.74, 6) is -0.480. The number of rotatable bonds is 3. The lowest BCUT2D eigenvalue weighted by molar-refractivity contribution is -0.117. The molecular formula is C12H11BrClNO3. The van der Waals surface area contributed by atoms with E-state index in [0.29, 0.717) is 29.0 Å². The molecule has 0 bridgehead atoms. The first-order valence-corrected chi connectivity index (χ1v) is 6.75. The van der Waals surface area contributed by atoms with Crippen LogP contribution in [0.25, 0.3) is 0 Å². The largest absolute Gasteiger partial charge is 0.478 e. The molecular weight excluding hydrogens is 321 g/mol. The molecule has 1 unspecified atom stereocenters. The number of hydrogen-bond acceptors (Lipinski definition) is 2. The number of carboxylic acid groups (broad SMARTS) is 1. The molecule has 6 heteroatoms. The van der Waals surface area contributed by atoms with E-state index >= 15 is 0 Å². The van der Waals surface area contributed by atoms with Crippen LogP contribution in [0.1, 0.15) is 16.8 Å². The minimum atomic E-state index is -1.01. The van der Waals surface area contributed by atoms with Crippen molar-refractivity contribution < 1.29 is 14.7 Å². The summed E-state index contributed by atoms with van der Waals surface area (Å²) in [7, 11) is 0. The number of carbonyl (C=O) groups is 2. The lowest BCUT2D eigenvalue weighted by atomic mass is 10.1. The van der Waals surface area contributed by atoms with Gasteiger partial charge in [-0.1, -0.05) is 0 Å². The Morgan fingerprint density at radius 2 is 2.28 bits per heavy atom. The normalized spacial score (nSPS) is 19.3. The molecule has 1 aromatic rings. The van der Waals surface area contributed by atoms with E-state index in [9.17, 15) is 9.59 Å². The molecule has 1 atom stereocenters. The van der Waals surface area contributed by atoms with Gasteiger partial charge in [-0.25, -0.2) is 4.79 Å². The molecule has 1 aliphatic heterocycles. The molecule has 1 N–H and O–H groups in total. The highest BCUT2D eigenvalue weighted by Crippen LogP contribution is 2.32. The number of alkyl halides is 1. The van der Waals surface area contributed by atoms with E-state index in [-0.39, 0.29) is 17.4 Å². The third kappa shape index (κ3) is 2.52. The molecule has 0 spiro atoms. The number of benzene rings is 1. The Hall–Kier alpha value is -1.07. The third-order valence-corrected chi connectivity index (χ3v) is 4.01. The highest BCUT2D eigenvalue weighted by molar-refractivity contribution is 9.10. The quantitative estimate of drug-likeness (QED) is 0.866.